The molecule has 0 aromatic heterocycles. The highest BCUT2D eigenvalue weighted by atomic mass is 31.1. The molecule has 2 aromatic rings. The van der Waals surface area contributed by atoms with E-state index in [1.54, 1.807) is 7.05 Å². The molecule has 140 valence electrons. The van der Waals surface area contributed by atoms with Crippen molar-refractivity contribution < 1.29 is 5.11 Å². The van der Waals surface area contributed by atoms with Gasteiger partial charge in [0.1, 0.15) is 5.75 Å². The van der Waals surface area contributed by atoms with E-state index >= 15 is 0 Å². The van der Waals surface area contributed by atoms with E-state index in [1.807, 2.05) is 6.21 Å². The number of aromatic hydroxyl groups is 1. The lowest BCUT2D eigenvalue weighted by atomic mass is 9.82. The van der Waals surface area contributed by atoms with Crippen LogP contribution in [0.3, 0.4) is 0 Å². The van der Waals surface area contributed by atoms with Crippen molar-refractivity contribution in [1.29, 1.82) is 0 Å². The summed E-state index contributed by atoms with van der Waals surface area (Å²) in [5.41, 5.74) is 4.37. The molecule has 2 atom stereocenters. The number of benzene rings is 2. The molecule has 2 aromatic carbocycles. The van der Waals surface area contributed by atoms with Gasteiger partial charge in [-0.1, -0.05) is 85.2 Å². The van der Waals surface area contributed by atoms with Crippen LogP contribution in [-0.4, -0.2) is 18.4 Å². The summed E-state index contributed by atoms with van der Waals surface area (Å²) in [7, 11) is 2.36. The summed E-state index contributed by atoms with van der Waals surface area (Å²) in [6.45, 7) is 13.1. The van der Waals surface area contributed by atoms with E-state index in [4.69, 9.17) is 0 Å². The first-order valence-corrected chi connectivity index (χ1v) is 10.3. The Hall–Kier alpha value is -1.66. The Morgan fingerprint density at radius 1 is 1.08 bits per heavy atom. The SMILES string of the molecule is CCC(C)(Pc1ccccc1/C=N/C)c1cc(C)cc(C(C)(C)C)c1O. The van der Waals surface area contributed by atoms with Crippen LogP contribution in [0.1, 0.15) is 63.3 Å². The molecule has 2 nitrogen and oxygen atoms in total. The molecular formula is C23H32NOP. The van der Waals surface area contributed by atoms with Crippen LogP contribution < -0.4 is 5.30 Å². The van der Waals surface area contributed by atoms with Crippen molar-refractivity contribution >= 4 is 20.1 Å². The number of rotatable bonds is 5. The summed E-state index contributed by atoms with van der Waals surface area (Å²) in [4.78, 5) is 4.20. The molecule has 0 saturated heterocycles. The molecule has 0 fully saturated rings. The highest BCUT2D eigenvalue weighted by Gasteiger charge is 2.32. The molecule has 2 rings (SSSR count). The van der Waals surface area contributed by atoms with E-state index < -0.39 is 0 Å². The summed E-state index contributed by atoms with van der Waals surface area (Å²) in [6, 6.07) is 12.7. The summed E-state index contributed by atoms with van der Waals surface area (Å²) < 4.78 is 0. The first kappa shape index (κ1) is 20.6. The summed E-state index contributed by atoms with van der Waals surface area (Å²) >= 11 is 0. The van der Waals surface area contributed by atoms with Crippen LogP contribution in [0, 0.1) is 6.92 Å². The van der Waals surface area contributed by atoms with Gasteiger partial charge < -0.3 is 5.11 Å². The summed E-state index contributed by atoms with van der Waals surface area (Å²) in [5, 5.41) is 12.3. The van der Waals surface area contributed by atoms with Crippen molar-refractivity contribution in [2.24, 2.45) is 4.99 Å². The van der Waals surface area contributed by atoms with E-state index in [9.17, 15) is 5.11 Å². The molecule has 1 N–H and O–H groups in total. The van der Waals surface area contributed by atoms with E-state index in [-0.39, 0.29) is 10.6 Å². The van der Waals surface area contributed by atoms with Crippen LogP contribution in [0.15, 0.2) is 41.4 Å². The van der Waals surface area contributed by atoms with Crippen LogP contribution in [0.5, 0.6) is 5.75 Å². The van der Waals surface area contributed by atoms with Crippen LogP contribution in [0.4, 0.5) is 0 Å². The van der Waals surface area contributed by atoms with Gasteiger partial charge in [-0.25, -0.2) is 0 Å². The Kier molecular flexibility index (Phi) is 6.29. The van der Waals surface area contributed by atoms with Gasteiger partial charge in [0.2, 0.25) is 0 Å². The third-order valence-electron chi connectivity index (χ3n) is 5.00. The third kappa shape index (κ3) is 4.35. The maximum Gasteiger partial charge on any atom is 0.123 e. The van der Waals surface area contributed by atoms with E-state index in [2.05, 4.69) is 82.9 Å². The van der Waals surface area contributed by atoms with Crippen molar-refractivity contribution in [3.63, 3.8) is 0 Å². The van der Waals surface area contributed by atoms with Gasteiger partial charge in [0, 0.05) is 24.0 Å². The van der Waals surface area contributed by atoms with Gasteiger partial charge in [0.25, 0.3) is 0 Å². The Balaban J connectivity index is 2.59. The zero-order chi connectivity index (χ0) is 19.5. The van der Waals surface area contributed by atoms with Crippen LogP contribution in [-0.2, 0) is 10.6 Å². The number of phenolic OH excluding ortho intramolecular Hbond substituents is 1. The average Bonchev–Trinajstić information content (AvgIpc) is 2.57. The average molecular weight is 369 g/mol. The van der Waals surface area contributed by atoms with Crippen molar-refractivity contribution in [3.05, 3.63) is 58.7 Å². The predicted molar refractivity (Wildman–Crippen MR) is 117 cm³/mol. The second kappa shape index (κ2) is 7.92. The number of hydrogen-bond acceptors (Lipinski definition) is 2. The molecule has 2 unspecified atom stereocenters. The van der Waals surface area contributed by atoms with Gasteiger partial charge in [-0.15, -0.1) is 0 Å². The highest BCUT2D eigenvalue weighted by Crippen LogP contribution is 2.49. The summed E-state index contributed by atoms with van der Waals surface area (Å²) in [6.07, 6.45) is 2.89. The molecule has 0 radical (unpaired) electrons. The van der Waals surface area contributed by atoms with Crippen molar-refractivity contribution in [1.82, 2.24) is 0 Å². The zero-order valence-corrected chi connectivity index (χ0v) is 18.1. The quantitative estimate of drug-likeness (QED) is 0.534. The number of phenols is 1. The van der Waals surface area contributed by atoms with Gasteiger partial charge in [0.15, 0.2) is 0 Å². The minimum absolute atomic E-state index is 0.0879. The largest absolute Gasteiger partial charge is 0.507 e. The molecule has 0 spiro atoms. The van der Waals surface area contributed by atoms with E-state index in [0.29, 0.717) is 14.3 Å². The van der Waals surface area contributed by atoms with Gasteiger partial charge in [-0.2, -0.15) is 0 Å². The van der Waals surface area contributed by atoms with Crippen LogP contribution in [0.25, 0.3) is 0 Å². The maximum absolute atomic E-state index is 11.1. The molecule has 0 amide bonds. The normalized spacial score (nSPS) is 15.0. The lowest BCUT2D eigenvalue weighted by Crippen LogP contribution is -2.22. The minimum atomic E-state index is -0.117. The fourth-order valence-corrected chi connectivity index (χ4v) is 4.85. The topological polar surface area (TPSA) is 32.6 Å². The van der Waals surface area contributed by atoms with Gasteiger partial charge in [-0.3, -0.25) is 4.99 Å². The minimum Gasteiger partial charge on any atom is -0.507 e. The van der Waals surface area contributed by atoms with Crippen LogP contribution in [0.2, 0.25) is 0 Å². The molecule has 26 heavy (non-hydrogen) atoms. The van der Waals surface area contributed by atoms with Crippen LogP contribution >= 0.6 is 8.58 Å². The molecule has 0 heterocycles. The van der Waals surface area contributed by atoms with Gasteiger partial charge >= 0.3 is 0 Å². The Bertz CT molecular complexity index is 804. The molecule has 3 heteroatoms. The number of hydrogen-bond donors (Lipinski definition) is 1. The van der Waals surface area contributed by atoms with Crippen molar-refractivity contribution in [2.45, 2.75) is 58.5 Å². The fourth-order valence-electron chi connectivity index (χ4n) is 3.28. The maximum atomic E-state index is 11.1. The molecule has 0 aliphatic rings. The van der Waals surface area contributed by atoms with E-state index in [1.165, 1.54) is 10.9 Å². The van der Waals surface area contributed by atoms with E-state index in [0.717, 1.165) is 23.1 Å². The molecule has 0 bridgehead atoms. The first-order valence-electron chi connectivity index (χ1n) is 9.26. The lowest BCUT2D eigenvalue weighted by molar-refractivity contribution is 0.430. The second-order valence-corrected chi connectivity index (χ2v) is 10.1. The van der Waals surface area contributed by atoms with Crippen molar-refractivity contribution in [2.75, 3.05) is 7.05 Å². The van der Waals surface area contributed by atoms with Gasteiger partial charge in [0.05, 0.1) is 0 Å². The Morgan fingerprint density at radius 2 is 1.69 bits per heavy atom. The Labute approximate surface area is 160 Å². The lowest BCUT2D eigenvalue weighted by Gasteiger charge is -2.33. The number of aryl methyl sites for hydroxylation is 1. The molecule has 0 aliphatic carbocycles. The smallest absolute Gasteiger partial charge is 0.123 e. The Morgan fingerprint density at radius 3 is 2.27 bits per heavy atom. The number of nitrogens with zero attached hydrogens (tertiary/aromatic N) is 1. The highest BCUT2D eigenvalue weighted by molar-refractivity contribution is 7.48. The zero-order valence-electron chi connectivity index (χ0n) is 17.1. The molecular weight excluding hydrogens is 337 g/mol. The summed E-state index contributed by atoms with van der Waals surface area (Å²) in [5.74, 6) is 0.460. The molecule has 0 saturated carbocycles. The molecule has 0 aliphatic heterocycles. The standard InChI is InChI=1S/C23H32NOP/c1-8-23(6,26-20-12-10-9-11-17(20)15-24-7)19-14-16(2)13-18(21(19)25)22(3,4)5/h9-15,25-26H,8H2,1-7H3/b24-15+. The fraction of sp³-hybridized carbons (Fsp3) is 0.435. The first-order chi connectivity index (χ1) is 12.1. The van der Waals surface area contributed by atoms with Gasteiger partial charge in [-0.05, 0) is 35.2 Å². The second-order valence-electron chi connectivity index (χ2n) is 8.24. The monoisotopic (exact) mass is 369 g/mol. The third-order valence-corrected chi connectivity index (χ3v) is 6.90. The van der Waals surface area contributed by atoms with Crippen molar-refractivity contribution in [3.8, 4) is 5.75 Å². The number of aliphatic imine (C=N–C) groups is 1. The predicted octanol–water partition coefficient (Wildman–Crippen LogP) is 5.68.